The van der Waals surface area contributed by atoms with Crippen molar-refractivity contribution in [3.8, 4) is 16.9 Å². The average molecular weight is 364 g/mol. The van der Waals surface area contributed by atoms with Crippen LogP contribution in [-0.4, -0.2) is 26.4 Å². The quantitative estimate of drug-likeness (QED) is 0.597. The number of amides is 1. The zero-order valence-electron chi connectivity index (χ0n) is 16.1. The summed E-state index contributed by atoms with van der Waals surface area (Å²) in [5.74, 6) is -0.198. The predicted molar refractivity (Wildman–Crippen MR) is 108 cm³/mol. The molecule has 0 bridgehead atoms. The lowest BCUT2D eigenvalue weighted by molar-refractivity contribution is -0.112. The van der Waals surface area contributed by atoms with E-state index in [0.717, 1.165) is 23.1 Å². The van der Waals surface area contributed by atoms with E-state index in [-0.39, 0.29) is 17.1 Å². The number of carbonyl (C=O) groups excluding carboxylic acids is 1. The SMILES string of the molecule is C=C(C)C(=O)Nc1cc(O)c(-c2cccc3n[nH]nc23)cc1CC(C)(C)C. The van der Waals surface area contributed by atoms with Crippen LogP contribution in [-0.2, 0) is 11.2 Å². The fraction of sp³-hybridized carbons (Fsp3) is 0.286. The standard InChI is InChI=1S/C21H24N4O2/c1-12(2)20(27)22-17-10-18(26)15(9-13(17)11-21(3,4)5)14-7-6-8-16-19(14)24-25-23-16/h6-10,26H,1,11H2,2-5H3,(H,22,27)(H,23,24,25). The van der Waals surface area contributed by atoms with Crippen molar-refractivity contribution in [1.82, 2.24) is 15.4 Å². The molecule has 3 rings (SSSR count). The van der Waals surface area contributed by atoms with Crippen molar-refractivity contribution < 1.29 is 9.90 Å². The normalized spacial score (nSPS) is 11.6. The predicted octanol–water partition coefficient (Wildman–Crippen LogP) is 4.43. The van der Waals surface area contributed by atoms with Crippen LogP contribution in [0.5, 0.6) is 5.75 Å². The molecule has 0 unspecified atom stereocenters. The fourth-order valence-electron chi connectivity index (χ4n) is 3.00. The molecule has 0 aliphatic rings. The first kappa shape index (κ1) is 18.6. The largest absolute Gasteiger partial charge is 0.507 e. The Bertz CT molecular complexity index is 1030. The number of aromatic hydroxyl groups is 1. The van der Waals surface area contributed by atoms with Crippen LogP contribution in [0.3, 0.4) is 0 Å². The van der Waals surface area contributed by atoms with Crippen LogP contribution in [0, 0.1) is 5.41 Å². The van der Waals surface area contributed by atoms with Gasteiger partial charge in [-0.25, -0.2) is 0 Å². The van der Waals surface area contributed by atoms with E-state index >= 15 is 0 Å². The van der Waals surface area contributed by atoms with Gasteiger partial charge in [-0.2, -0.15) is 15.4 Å². The number of aromatic nitrogens is 3. The molecule has 1 heterocycles. The van der Waals surface area contributed by atoms with Crippen molar-refractivity contribution in [2.45, 2.75) is 34.1 Å². The summed E-state index contributed by atoms with van der Waals surface area (Å²) in [6.45, 7) is 11.7. The van der Waals surface area contributed by atoms with Crippen LogP contribution < -0.4 is 5.32 Å². The molecular formula is C21H24N4O2. The zero-order valence-corrected chi connectivity index (χ0v) is 16.1. The average Bonchev–Trinajstić information content (AvgIpc) is 3.04. The van der Waals surface area contributed by atoms with Crippen molar-refractivity contribution in [3.05, 3.63) is 48.0 Å². The Kier molecular flexibility index (Phi) is 4.74. The number of nitrogens with zero attached hydrogens (tertiary/aromatic N) is 2. The van der Waals surface area contributed by atoms with Gasteiger partial charge in [-0.3, -0.25) is 4.79 Å². The molecular weight excluding hydrogens is 340 g/mol. The molecule has 0 atom stereocenters. The number of hydrogen-bond donors (Lipinski definition) is 3. The molecule has 1 amide bonds. The number of rotatable bonds is 4. The minimum atomic E-state index is -0.268. The third kappa shape index (κ3) is 4.00. The molecule has 2 aromatic carbocycles. The van der Waals surface area contributed by atoms with Gasteiger partial charge in [0.1, 0.15) is 16.8 Å². The number of benzene rings is 2. The highest BCUT2D eigenvalue weighted by atomic mass is 16.3. The smallest absolute Gasteiger partial charge is 0.250 e. The third-order valence-electron chi connectivity index (χ3n) is 4.22. The molecule has 0 saturated heterocycles. The summed E-state index contributed by atoms with van der Waals surface area (Å²) in [5.41, 5.74) is 4.78. The maximum atomic E-state index is 12.1. The van der Waals surface area contributed by atoms with Gasteiger partial charge < -0.3 is 10.4 Å². The minimum absolute atomic E-state index is 0.00313. The molecule has 1 aromatic heterocycles. The van der Waals surface area contributed by atoms with Crippen molar-refractivity contribution in [3.63, 3.8) is 0 Å². The van der Waals surface area contributed by atoms with Gasteiger partial charge in [-0.1, -0.05) is 39.5 Å². The molecule has 0 spiro atoms. The molecule has 0 fully saturated rings. The molecule has 0 saturated carbocycles. The number of anilines is 1. The summed E-state index contributed by atoms with van der Waals surface area (Å²) in [6, 6.07) is 9.14. The van der Waals surface area contributed by atoms with E-state index < -0.39 is 0 Å². The van der Waals surface area contributed by atoms with Crippen LogP contribution in [0.15, 0.2) is 42.5 Å². The number of nitrogens with one attached hydrogen (secondary N) is 2. The number of carbonyl (C=O) groups is 1. The number of phenolic OH excluding ortho intramolecular Hbond substituents is 1. The number of fused-ring (bicyclic) bond motifs is 1. The maximum absolute atomic E-state index is 12.1. The molecule has 6 heteroatoms. The van der Waals surface area contributed by atoms with Crippen LogP contribution in [0.4, 0.5) is 5.69 Å². The monoisotopic (exact) mass is 364 g/mol. The van der Waals surface area contributed by atoms with Crippen LogP contribution in [0.25, 0.3) is 22.2 Å². The summed E-state index contributed by atoms with van der Waals surface area (Å²) in [5, 5.41) is 24.5. The molecule has 6 nitrogen and oxygen atoms in total. The molecule has 0 aliphatic heterocycles. The number of phenols is 1. The molecule has 3 aromatic rings. The third-order valence-corrected chi connectivity index (χ3v) is 4.22. The summed E-state index contributed by atoms with van der Waals surface area (Å²) in [4.78, 5) is 12.1. The van der Waals surface area contributed by atoms with Gasteiger partial charge in [-0.15, -0.1) is 0 Å². The van der Waals surface area contributed by atoms with Crippen LogP contribution in [0.1, 0.15) is 33.3 Å². The van der Waals surface area contributed by atoms with E-state index in [9.17, 15) is 9.90 Å². The summed E-state index contributed by atoms with van der Waals surface area (Å²) in [7, 11) is 0. The van der Waals surface area contributed by atoms with E-state index in [1.54, 1.807) is 13.0 Å². The number of hydrogen-bond acceptors (Lipinski definition) is 4. The highest BCUT2D eigenvalue weighted by Gasteiger charge is 2.20. The Morgan fingerprint density at radius 1 is 1.22 bits per heavy atom. The fourth-order valence-corrected chi connectivity index (χ4v) is 3.00. The minimum Gasteiger partial charge on any atom is -0.507 e. The maximum Gasteiger partial charge on any atom is 0.250 e. The summed E-state index contributed by atoms with van der Waals surface area (Å²) >= 11 is 0. The van der Waals surface area contributed by atoms with E-state index in [1.807, 2.05) is 24.3 Å². The van der Waals surface area contributed by atoms with Gasteiger partial charge in [0.15, 0.2) is 0 Å². The Morgan fingerprint density at radius 3 is 2.63 bits per heavy atom. The Morgan fingerprint density at radius 2 is 1.96 bits per heavy atom. The molecule has 3 N–H and O–H groups in total. The van der Waals surface area contributed by atoms with Gasteiger partial charge in [0.2, 0.25) is 0 Å². The molecule has 0 radical (unpaired) electrons. The van der Waals surface area contributed by atoms with Crippen molar-refractivity contribution in [1.29, 1.82) is 0 Å². The van der Waals surface area contributed by atoms with Crippen molar-refractivity contribution in [2.24, 2.45) is 5.41 Å². The second-order valence-corrected chi connectivity index (χ2v) is 8.00. The topological polar surface area (TPSA) is 90.9 Å². The highest BCUT2D eigenvalue weighted by molar-refractivity contribution is 6.04. The zero-order chi connectivity index (χ0) is 19.8. The molecule has 27 heavy (non-hydrogen) atoms. The van der Waals surface area contributed by atoms with E-state index in [0.29, 0.717) is 22.3 Å². The molecule has 0 aliphatic carbocycles. The van der Waals surface area contributed by atoms with E-state index in [2.05, 4.69) is 48.1 Å². The Labute approximate surface area is 158 Å². The Balaban J connectivity index is 2.16. The Hall–Kier alpha value is -3.15. The summed E-state index contributed by atoms with van der Waals surface area (Å²) in [6.07, 6.45) is 0.723. The first-order chi connectivity index (χ1) is 12.7. The van der Waals surface area contributed by atoms with Gasteiger partial charge in [0, 0.05) is 28.5 Å². The van der Waals surface area contributed by atoms with Gasteiger partial charge in [0.25, 0.3) is 5.91 Å². The van der Waals surface area contributed by atoms with Crippen molar-refractivity contribution >= 4 is 22.6 Å². The van der Waals surface area contributed by atoms with Gasteiger partial charge >= 0.3 is 0 Å². The van der Waals surface area contributed by atoms with Gasteiger partial charge in [-0.05, 0) is 36.5 Å². The molecule has 140 valence electrons. The first-order valence-corrected chi connectivity index (χ1v) is 8.78. The number of aromatic amines is 1. The number of para-hydroxylation sites is 1. The van der Waals surface area contributed by atoms with Crippen LogP contribution >= 0.6 is 0 Å². The highest BCUT2D eigenvalue weighted by Crippen LogP contribution is 2.39. The first-order valence-electron chi connectivity index (χ1n) is 8.78. The van der Waals surface area contributed by atoms with E-state index in [4.69, 9.17) is 0 Å². The lowest BCUT2D eigenvalue weighted by Gasteiger charge is -2.22. The summed E-state index contributed by atoms with van der Waals surface area (Å²) < 4.78 is 0. The van der Waals surface area contributed by atoms with Gasteiger partial charge in [0.05, 0.1) is 0 Å². The number of H-pyrrole nitrogens is 1. The lowest BCUT2D eigenvalue weighted by Crippen LogP contribution is -2.16. The van der Waals surface area contributed by atoms with Crippen molar-refractivity contribution in [2.75, 3.05) is 5.32 Å². The van der Waals surface area contributed by atoms with E-state index in [1.165, 1.54) is 0 Å². The van der Waals surface area contributed by atoms with Crippen LogP contribution in [0.2, 0.25) is 0 Å². The second-order valence-electron chi connectivity index (χ2n) is 8.00. The second kappa shape index (κ2) is 6.87. The lowest BCUT2D eigenvalue weighted by atomic mass is 9.86.